The van der Waals surface area contributed by atoms with E-state index in [0.717, 1.165) is 24.4 Å². The molecule has 1 fully saturated rings. The van der Waals surface area contributed by atoms with Crippen molar-refractivity contribution in [1.29, 1.82) is 0 Å². The number of aromatic nitrogens is 3. The number of rotatable bonds is 2. The van der Waals surface area contributed by atoms with Gasteiger partial charge in [0.1, 0.15) is 0 Å². The van der Waals surface area contributed by atoms with Crippen molar-refractivity contribution in [3.8, 4) is 0 Å². The fourth-order valence-electron chi connectivity index (χ4n) is 6.02. The van der Waals surface area contributed by atoms with E-state index in [4.69, 9.17) is 9.97 Å². The maximum atomic E-state index is 4.84. The van der Waals surface area contributed by atoms with Crippen LogP contribution in [-0.4, -0.2) is 32.5 Å². The Morgan fingerprint density at radius 1 is 1.18 bits per heavy atom. The maximum absolute atomic E-state index is 4.84. The smallest absolute Gasteiger partial charge is 0.176 e. The molecule has 4 heteroatoms. The van der Waals surface area contributed by atoms with Gasteiger partial charge in [0, 0.05) is 34.9 Å². The van der Waals surface area contributed by atoms with Crippen LogP contribution in [0.25, 0.3) is 16.6 Å². The zero-order valence-electron chi connectivity index (χ0n) is 16.7. The molecule has 5 heterocycles. The van der Waals surface area contributed by atoms with Crippen molar-refractivity contribution in [2.75, 3.05) is 13.1 Å². The van der Waals surface area contributed by atoms with E-state index in [0.29, 0.717) is 6.04 Å². The highest BCUT2D eigenvalue weighted by Gasteiger charge is 2.50. The van der Waals surface area contributed by atoms with Crippen molar-refractivity contribution in [3.05, 3.63) is 65.4 Å². The SMILES string of the molecule is CC[C@@]12C=C(c3nccc(C)n3)n3c4c(c5ccccc53)CCN(CCC1)[C@H]42. The Morgan fingerprint density at radius 2 is 2.07 bits per heavy atom. The quantitative estimate of drug-likeness (QED) is 0.654. The summed E-state index contributed by atoms with van der Waals surface area (Å²) in [4.78, 5) is 12.3. The van der Waals surface area contributed by atoms with Crippen LogP contribution >= 0.6 is 0 Å². The number of piperidine rings is 1. The summed E-state index contributed by atoms with van der Waals surface area (Å²) < 4.78 is 2.50. The lowest BCUT2D eigenvalue weighted by molar-refractivity contribution is 0.0271. The average molecular weight is 371 g/mol. The molecule has 3 aliphatic rings. The Balaban J connectivity index is 1.73. The van der Waals surface area contributed by atoms with Crippen molar-refractivity contribution in [2.45, 2.75) is 45.6 Å². The molecule has 0 aliphatic carbocycles. The van der Waals surface area contributed by atoms with Gasteiger partial charge in [0.05, 0.1) is 17.3 Å². The summed E-state index contributed by atoms with van der Waals surface area (Å²) in [5.41, 5.74) is 6.75. The van der Waals surface area contributed by atoms with E-state index < -0.39 is 0 Å². The molecule has 0 spiro atoms. The molecule has 4 nitrogen and oxygen atoms in total. The summed E-state index contributed by atoms with van der Waals surface area (Å²) in [6, 6.07) is 11.4. The molecule has 3 aromatic rings. The van der Waals surface area contributed by atoms with E-state index in [9.17, 15) is 0 Å². The lowest BCUT2D eigenvalue weighted by Gasteiger charge is -2.53. The van der Waals surface area contributed by atoms with Gasteiger partial charge in [-0.1, -0.05) is 25.1 Å². The Morgan fingerprint density at radius 3 is 2.93 bits per heavy atom. The van der Waals surface area contributed by atoms with E-state index in [1.807, 2.05) is 12.3 Å². The molecule has 142 valence electrons. The number of nitrogens with zero attached hydrogens (tertiary/aromatic N) is 4. The number of hydrogen-bond acceptors (Lipinski definition) is 3. The summed E-state index contributed by atoms with van der Waals surface area (Å²) in [5.74, 6) is 0.859. The third-order valence-corrected chi connectivity index (χ3v) is 7.27. The molecular weight excluding hydrogens is 344 g/mol. The summed E-state index contributed by atoms with van der Waals surface area (Å²) in [7, 11) is 0. The molecule has 0 amide bonds. The normalized spacial score (nSPS) is 26.2. The van der Waals surface area contributed by atoms with Crippen LogP contribution in [0.3, 0.4) is 0 Å². The van der Waals surface area contributed by atoms with Crippen molar-refractivity contribution in [2.24, 2.45) is 5.41 Å². The second kappa shape index (κ2) is 5.77. The predicted octanol–water partition coefficient (Wildman–Crippen LogP) is 4.73. The van der Waals surface area contributed by atoms with Crippen molar-refractivity contribution >= 4 is 16.6 Å². The molecule has 0 radical (unpaired) electrons. The molecule has 0 N–H and O–H groups in total. The second-order valence-corrected chi connectivity index (χ2v) is 8.65. The third kappa shape index (κ3) is 2.04. The average Bonchev–Trinajstić information content (AvgIpc) is 3.07. The molecule has 3 aliphatic heterocycles. The second-order valence-electron chi connectivity index (χ2n) is 8.65. The summed E-state index contributed by atoms with van der Waals surface area (Å²) in [6.07, 6.45) is 9.26. The van der Waals surface area contributed by atoms with Gasteiger partial charge in [-0.05, 0) is 62.9 Å². The Bertz CT molecular complexity index is 1120. The van der Waals surface area contributed by atoms with E-state index in [2.05, 4.69) is 53.7 Å². The van der Waals surface area contributed by atoms with Crippen LogP contribution in [0.1, 0.15) is 55.0 Å². The van der Waals surface area contributed by atoms with E-state index in [-0.39, 0.29) is 5.41 Å². The van der Waals surface area contributed by atoms with Crippen LogP contribution < -0.4 is 0 Å². The highest BCUT2D eigenvalue weighted by molar-refractivity contribution is 5.91. The van der Waals surface area contributed by atoms with Crippen LogP contribution in [0.2, 0.25) is 0 Å². The minimum Gasteiger partial charge on any atom is -0.308 e. The van der Waals surface area contributed by atoms with Crippen molar-refractivity contribution < 1.29 is 0 Å². The monoisotopic (exact) mass is 370 g/mol. The first kappa shape index (κ1) is 16.5. The number of fused-ring (bicyclic) bond motifs is 3. The van der Waals surface area contributed by atoms with Gasteiger partial charge in [-0.3, -0.25) is 4.90 Å². The van der Waals surface area contributed by atoms with Gasteiger partial charge in [-0.25, -0.2) is 9.97 Å². The summed E-state index contributed by atoms with van der Waals surface area (Å²) in [6.45, 7) is 6.81. The minimum atomic E-state index is 0.181. The largest absolute Gasteiger partial charge is 0.308 e. The van der Waals surface area contributed by atoms with Crippen LogP contribution in [-0.2, 0) is 6.42 Å². The first-order chi connectivity index (χ1) is 13.7. The molecular formula is C24H26N4. The van der Waals surface area contributed by atoms with Gasteiger partial charge in [-0.2, -0.15) is 0 Å². The Hall–Kier alpha value is -2.46. The molecule has 1 saturated heterocycles. The fraction of sp³-hybridized carbons (Fsp3) is 0.417. The number of benzene rings is 1. The number of para-hydroxylation sites is 1. The van der Waals surface area contributed by atoms with Gasteiger partial charge in [0.25, 0.3) is 0 Å². The third-order valence-electron chi connectivity index (χ3n) is 7.27. The Labute approximate surface area is 165 Å². The van der Waals surface area contributed by atoms with Crippen LogP contribution in [0.5, 0.6) is 0 Å². The lowest BCUT2D eigenvalue weighted by Crippen LogP contribution is -2.50. The first-order valence-electron chi connectivity index (χ1n) is 10.6. The maximum Gasteiger partial charge on any atom is 0.176 e. The van der Waals surface area contributed by atoms with Crippen molar-refractivity contribution in [3.63, 3.8) is 0 Å². The molecule has 0 saturated carbocycles. The standard InChI is InChI=1S/C24H26N4/c1-3-24-11-6-13-27-14-10-18-17-7-4-5-8-19(17)28(21(18)22(24)27)20(15-24)23-25-12-9-16(2)26-23/h4-5,7-9,12,15,22H,3,6,10-11,13-14H2,1-2H3/t22-,24+/m1/s1. The number of aryl methyl sites for hydroxylation is 1. The highest BCUT2D eigenvalue weighted by atomic mass is 15.2. The molecule has 2 aromatic heterocycles. The van der Waals surface area contributed by atoms with E-state index >= 15 is 0 Å². The zero-order chi connectivity index (χ0) is 18.9. The predicted molar refractivity (Wildman–Crippen MR) is 112 cm³/mol. The molecule has 1 aromatic carbocycles. The van der Waals surface area contributed by atoms with E-state index in [1.54, 1.807) is 5.56 Å². The van der Waals surface area contributed by atoms with E-state index in [1.165, 1.54) is 48.2 Å². The highest BCUT2D eigenvalue weighted by Crippen LogP contribution is 2.57. The summed E-state index contributed by atoms with van der Waals surface area (Å²) in [5, 5.41) is 1.41. The summed E-state index contributed by atoms with van der Waals surface area (Å²) >= 11 is 0. The number of hydrogen-bond donors (Lipinski definition) is 0. The van der Waals surface area contributed by atoms with Crippen molar-refractivity contribution in [1.82, 2.24) is 19.4 Å². The van der Waals surface area contributed by atoms with Crippen LogP contribution in [0.15, 0.2) is 42.6 Å². The van der Waals surface area contributed by atoms with Crippen LogP contribution in [0, 0.1) is 12.3 Å². The zero-order valence-corrected chi connectivity index (χ0v) is 16.7. The van der Waals surface area contributed by atoms with Gasteiger partial charge in [-0.15, -0.1) is 0 Å². The lowest BCUT2D eigenvalue weighted by atomic mass is 9.66. The van der Waals surface area contributed by atoms with Gasteiger partial charge in [0.15, 0.2) is 5.82 Å². The molecule has 0 bridgehead atoms. The Kier molecular flexibility index (Phi) is 3.40. The van der Waals surface area contributed by atoms with Crippen LogP contribution in [0.4, 0.5) is 0 Å². The molecule has 0 unspecified atom stereocenters. The molecule has 6 rings (SSSR count). The minimum absolute atomic E-state index is 0.181. The fourth-order valence-corrected chi connectivity index (χ4v) is 6.02. The first-order valence-corrected chi connectivity index (χ1v) is 10.6. The topological polar surface area (TPSA) is 34.0 Å². The van der Waals surface area contributed by atoms with Gasteiger partial charge in [0.2, 0.25) is 0 Å². The molecule has 2 atom stereocenters. The van der Waals surface area contributed by atoms with Gasteiger partial charge < -0.3 is 4.57 Å². The van der Waals surface area contributed by atoms with Gasteiger partial charge >= 0.3 is 0 Å². The molecule has 28 heavy (non-hydrogen) atoms.